The SMILES string of the molecule is CCCC(C)(C)OC(=O)N1CC=C(c2ccc(OC)c(OC)c2)CC1. The molecule has 25 heavy (non-hydrogen) atoms. The number of rotatable bonds is 6. The van der Waals surface area contributed by atoms with E-state index in [2.05, 4.69) is 13.0 Å². The van der Waals surface area contributed by atoms with Gasteiger partial charge in [-0.1, -0.05) is 25.5 Å². The maximum Gasteiger partial charge on any atom is 0.410 e. The molecule has 138 valence electrons. The first kappa shape index (κ1) is 19.2. The number of carbonyl (C=O) groups excluding carboxylic acids is 1. The Bertz CT molecular complexity index is 637. The van der Waals surface area contributed by atoms with Crippen LogP contribution in [-0.2, 0) is 4.74 Å². The Kier molecular flexibility index (Phi) is 6.34. The highest BCUT2D eigenvalue weighted by atomic mass is 16.6. The van der Waals surface area contributed by atoms with Crippen molar-refractivity contribution >= 4 is 11.7 Å². The van der Waals surface area contributed by atoms with E-state index in [0.717, 1.165) is 24.8 Å². The van der Waals surface area contributed by atoms with Crippen LogP contribution in [0.2, 0.25) is 0 Å². The van der Waals surface area contributed by atoms with Crippen LogP contribution in [-0.4, -0.2) is 43.9 Å². The van der Waals surface area contributed by atoms with Gasteiger partial charge in [-0.2, -0.15) is 0 Å². The van der Waals surface area contributed by atoms with Crippen LogP contribution in [0, 0.1) is 0 Å². The lowest BCUT2D eigenvalue weighted by Crippen LogP contribution is -2.40. The number of hydrogen-bond donors (Lipinski definition) is 0. The molecule has 0 N–H and O–H groups in total. The van der Waals surface area contributed by atoms with Crippen LogP contribution in [0.4, 0.5) is 4.79 Å². The number of nitrogens with zero attached hydrogens (tertiary/aromatic N) is 1. The minimum atomic E-state index is -0.417. The van der Waals surface area contributed by atoms with Crippen LogP contribution in [0.5, 0.6) is 11.5 Å². The standard InChI is InChI=1S/C20H29NO4/c1-6-11-20(2,3)25-19(22)21-12-9-15(10-13-21)16-7-8-17(23-4)18(14-16)24-5/h7-9,14H,6,10-13H2,1-5H3. The molecule has 0 saturated heterocycles. The zero-order valence-corrected chi connectivity index (χ0v) is 15.9. The molecule has 0 radical (unpaired) electrons. The fraction of sp³-hybridized carbons (Fsp3) is 0.550. The second-order valence-corrected chi connectivity index (χ2v) is 6.87. The number of amides is 1. The van der Waals surface area contributed by atoms with E-state index in [9.17, 15) is 4.79 Å². The molecule has 2 rings (SSSR count). The lowest BCUT2D eigenvalue weighted by molar-refractivity contribution is 0.00987. The average Bonchev–Trinajstić information content (AvgIpc) is 2.60. The van der Waals surface area contributed by atoms with Crippen LogP contribution in [0.15, 0.2) is 24.3 Å². The predicted octanol–water partition coefficient (Wildman–Crippen LogP) is 4.51. The summed E-state index contributed by atoms with van der Waals surface area (Å²) in [5, 5.41) is 0. The van der Waals surface area contributed by atoms with E-state index < -0.39 is 5.60 Å². The molecule has 1 heterocycles. The van der Waals surface area contributed by atoms with Gasteiger partial charge < -0.3 is 19.1 Å². The molecular weight excluding hydrogens is 318 g/mol. The molecule has 1 aliphatic rings. The van der Waals surface area contributed by atoms with Gasteiger partial charge >= 0.3 is 6.09 Å². The lowest BCUT2D eigenvalue weighted by atomic mass is 9.99. The van der Waals surface area contributed by atoms with Gasteiger partial charge in [-0.05, 0) is 50.0 Å². The van der Waals surface area contributed by atoms with Gasteiger partial charge in [0, 0.05) is 13.1 Å². The Morgan fingerprint density at radius 2 is 1.92 bits per heavy atom. The summed E-state index contributed by atoms with van der Waals surface area (Å²) in [5.74, 6) is 1.43. The maximum atomic E-state index is 12.4. The summed E-state index contributed by atoms with van der Waals surface area (Å²) in [7, 11) is 3.26. The van der Waals surface area contributed by atoms with Crippen molar-refractivity contribution in [3.8, 4) is 11.5 Å². The van der Waals surface area contributed by atoms with Gasteiger partial charge in [0.05, 0.1) is 14.2 Å². The summed E-state index contributed by atoms with van der Waals surface area (Å²) in [4.78, 5) is 14.1. The second-order valence-electron chi connectivity index (χ2n) is 6.87. The summed E-state index contributed by atoms with van der Waals surface area (Å²) in [6.07, 6.45) is 4.49. The topological polar surface area (TPSA) is 48.0 Å². The maximum absolute atomic E-state index is 12.4. The average molecular weight is 347 g/mol. The molecule has 0 saturated carbocycles. The molecule has 0 aliphatic carbocycles. The van der Waals surface area contributed by atoms with Crippen molar-refractivity contribution < 1.29 is 19.0 Å². The third-order valence-corrected chi connectivity index (χ3v) is 4.44. The van der Waals surface area contributed by atoms with Crippen molar-refractivity contribution in [1.82, 2.24) is 4.90 Å². The first-order valence-corrected chi connectivity index (χ1v) is 8.79. The second kappa shape index (κ2) is 8.28. The Labute approximate surface area is 150 Å². The van der Waals surface area contributed by atoms with E-state index in [1.54, 1.807) is 19.1 Å². The highest BCUT2D eigenvalue weighted by Crippen LogP contribution is 2.32. The number of hydrogen-bond acceptors (Lipinski definition) is 4. The van der Waals surface area contributed by atoms with Gasteiger partial charge in [0.2, 0.25) is 0 Å². The van der Waals surface area contributed by atoms with Gasteiger partial charge in [-0.3, -0.25) is 0 Å². The normalized spacial score (nSPS) is 14.8. The van der Waals surface area contributed by atoms with E-state index in [1.165, 1.54) is 5.57 Å². The number of carbonyl (C=O) groups is 1. The fourth-order valence-electron chi connectivity index (χ4n) is 3.09. The van der Waals surface area contributed by atoms with Gasteiger partial charge in [-0.15, -0.1) is 0 Å². The van der Waals surface area contributed by atoms with E-state index in [0.29, 0.717) is 24.6 Å². The molecule has 0 bridgehead atoms. The summed E-state index contributed by atoms with van der Waals surface area (Å²) in [5.41, 5.74) is 1.88. The molecule has 1 aromatic carbocycles. The Hall–Kier alpha value is -2.17. The number of ether oxygens (including phenoxy) is 3. The molecule has 0 spiro atoms. The molecule has 5 nitrogen and oxygen atoms in total. The largest absolute Gasteiger partial charge is 0.493 e. The molecule has 0 fully saturated rings. The highest BCUT2D eigenvalue weighted by Gasteiger charge is 2.26. The van der Waals surface area contributed by atoms with Gasteiger partial charge in [0.1, 0.15) is 5.60 Å². The van der Waals surface area contributed by atoms with Crippen LogP contribution < -0.4 is 9.47 Å². The fourth-order valence-corrected chi connectivity index (χ4v) is 3.09. The number of methoxy groups -OCH3 is 2. The third kappa shape index (κ3) is 4.91. The van der Waals surface area contributed by atoms with Crippen LogP contribution in [0.1, 0.15) is 45.6 Å². The van der Waals surface area contributed by atoms with Gasteiger partial charge in [0.25, 0.3) is 0 Å². The summed E-state index contributed by atoms with van der Waals surface area (Å²) in [6, 6.07) is 5.90. The van der Waals surface area contributed by atoms with Crippen LogP contribution in [0.25, 0.3) is 5.57 Å². The Balaban J connectivity index is 2.04. The minimum absolute atomic E-state index is 0.235. The predicted molar refractivity (Wildman–Crippen MR) is 99.2 cm³/mol. The van der Waals surface area contributed by atoms with E-state index in [-0.39, 0.29) is 6.09 Å². The summed E-state index contributed by atoms with van der Waals surface area (Å²) < 4.78 is 16.3. The number of benzene rings is 1. The van der Waals surface area contributed by atoms with E-state index in [4.69, 9.17) is 14.2 Å². The summed E-state index contributed by atoms with van der Waals surface area (Å²) in [6.45, 7) is 7.23. The molecule has 0 aromatic heterocycles. The third-order valence-electron chi connectivity index (χ3n) is 4.44. The Morgan fingerprint density at radius 1 is 1.20 bits per heavy atom. The quantitative estimate of drug-likeness (QED) is 0.760. The first-order chi connectivity index (χ1) is 11.9. The van der Waals surface area contributed by atoms with Crippen molar-refractivity contribution in [2.45, 2.75) is 45.6 Å². The van der Waals surface area contributed by atoms with Crippen molar-refractivity contribution in [1.29, 1.82) is 0 Å². The van der Waals surface area contributed by atoms with Crippen molar-refractivity contribution in [2.24, 2.45) is 0 Å². The van der Waals surface area contributed by atoms with E-state index >= 15 is 0 Å². The lowest BCUT2D eigenvalue weighted by Gasteiger charge is -2.31. The minimum Gasteiger partial charge on any atom is -0.493 e. The molecular formula is C20H29NO4. The van der Waals surface area contributed by atoms with E-state index in [1.807, 2.05) is 32.0 Å². The van der Waals surface area contributed by atoms with Crippen LogP contribution >= 0.6 is 0 Å². The van der Waals surface area contributed by atoms with Gasteiger partial charge in [-0.25, -0.2) is 4.79 Å². The van der Waals surface area contributed by atoms with Crippen molar-refractivity contribution in [2.75, 3.05) is 27.3 Å². The molecule has 1 amide bonds. The molecule has 1 aromatic rings. The Morgan fingerprint density at radius 3 is 2.48 bits per heavy atom. The van der Waals surface area contributed by atoms with Crippen molar-refractivity contribution in [3.05, 3.63) is 29.8 Å². The molecule has 5 heteroatoms. The smallest absolute Gasteiger partial charge is 0.410 e. The summed E-state index contributed by atoms with van der Waals surface area (Å²) >= 11 is 0. The molecule has 1 aliphatic heterocycles. The van der Waals surface area contributed by atoms with Gasteiger partial charge in [0.15, 0.2) is 11.5 Å². The molecule has 0 atom stereocenters. The zero-order valence-electron chi connectivity index (χ0n) is 15.9. The van der Waals surface area contributed by atoms with Crippen LogP contribution in [0.3, 0.4) is 0 Å². The monoisotopic (exact) mass is 347 g/mol. The molecule has 0 unspecified atom stereocenters. The highest BCUT2D eigenvalue weighted by molar-refractivity contribution is 5.73. The van der Waals surface area contributed by atoms with Crippen molar-refractivity contribution in [3.63, 3.8) is 0 Å². The first-order valence-electron chi connectivity index (χ1n) is 8.79. The zero-order chi connectivity index (χ0) is 18.4.